The molecule has 0 bridgehead atoms. The number of nitrogens with two attached hydrogens (primary N) is 1. The van der Waals surface area contributed by atoms with Crippen molar-refractivity contribution in [1.29, 1.82) is 0 Å². The van der Waals surface area contributed by atoms with Crippen LogP contribution in [0.5, 0.6) is 0 Å². The number of rotatable bonds is 2. The van der Waals surface area contributed by atoms with Crippen LogP contribution in [0.15, 0.2) is 24.5 Å². The minimum atomic E-state index is -0.426. The molecule has 0 aromatic carbocycles. The molecule has 0 unspecified atom stereocenters. The largest absolute Gasteiger partial charge is 0.365 e. The van der Waals surface area contributed by atoms with Crippen molar-refractivity contribution >= 4 is 17.2 Å². The van der Waals surface area contributed by atoms with Gasteiger partial charge in [0.15, 0.2) is 0 Å². The van der Waals surface area contributed by atoms with Crippen LogP contribution < -0.4 is 5.73 Å². The molecule has 15 heavy (non-hydrogen) atoms. The van der Waals surface area contributed by atoms with Crippen LogP contribution in [-0.4, -0.2) is 15.9 Å². The molecule has 5 heteroatoms. The molecular formula is C10H9N3OS. The summed E-state index contributed by atoms with van der Waals surface area (Å²) in [5, 5.41) is 0.795. The van der Waals surface area contributed by atoms with Gasteiger partial charge in [0.05, 0.1) is 5.69 Å². The van der Waals surface area contributed by atoms with E-state index in [0.29, 0.717) is 10.6 Å². The zero-order chi connectivity index (χ0) is 10.8. The predicted molar refractivity (Wildman–Crippen MR) is 58.6 cm³/mol. The highest BCUT2D eigenvalue weighted by molar-refractivity contribution is 7.17. The Balaban J connectivity index is 2.48. The van der Waals surface area contributed by atoms with Gasteiger partial charge in [-0.3, -0.25) is 9.78 Å². The fraction of sp³-hybridized carbons (Fsp3) is 0.100. The van der Waals surface area contributed by atoms with Gasteiger partial charge < -0.3 is 5.73 Å². The van der Waals surface area contributed by atoms with Crippen molar-refractivity contribution in [2.24, 2.45) is 5.73 Å². The van der Waals surface area contributed by atoms with Crippen LogP contribution in [0.25, 0.3) is 10.6 Å². The summed E-state index contributed by atoms with van der Waals surface area (Å²) in [6, 6.07) is 3.70. The first-order valence-electron chi connectivity index (χ1n) is 4.36. The standard InChI is InChI=1S/C10H9N3OS/c1-6-8(9(11)14)15-10(13-6)7-2-4-12-5-3-7/h2-5H,1H3,(H2,11,14). The second kappa shape index (κ2) is 3.78. The van der Waals surface area contributed by atoms with Crippen molar-refractivity contribution in [1.82, 2.24) is 9.97 Å². The minimum absolute atomic E-state index is 0.426. The average molecular weight is 219 g/mol. The summed E-state index contributed by atoms with van der Waals surface area (Å²) in [5.41, 5.74) is 6.85. The highest BCUT2D eigenvalue weighted by Crippen LogP contribution is 2.26. The molecule has 0 radical (unpaired) electrons. The molecule has 0 fully saturated rings. The highest BCUT2D eigenvalue weighted by atomic mass is 32.1. The summed E-state index contributed by atoms with van der Waals surface area (Å²) in [6.07, 6.45) is 3.38. The smallest absolute Gasteiger partial charge is 0.260 e. The molecule has 0 saturated heterocycles. The van der Waals surface area contributed by atoms with Gasteiger partial charge in [0.25, 0.3) is 5.91 Å². The molecule has 2 heterocycles. The van der Waals surface area contributed by atoms with Crippen LogP contribution in [0.3, 0.4) is 0 Å². The molecule has 2 N–H and O–H groups in total. The van der Waals surface area contributed by atoms with Crippen molar-refractivity contribution in [3.05, 3.63) is 35.1 Å². The Hall–Kier alpha value is -1.75. The summed E-state index contributed by atoms with van der Waals surface area (Å²) >= 11 is 1.31. The number of amides is 1. The number of aromatic nitrogens is 2. The van der Waals surface area contributed by atoms with E-state index in [2.05, 4.69) is 9.97 Å². The molecule has 0 saturated carbocycles. The Bertz CT molecular complexity index is 493. The van der Waals surface area contributed by atoms with Gasteiger partial charge in [-0.25, -0.2) is 4.98 Å². The van der Waals surface area contributed by atoms with Gasteiger partial charge in [-0.15, -0.1) is 11.3 Å². The molecule has 2 rings (SSSR count). The first-order valence-corrected chi connectivity index (χ1v) is 5.18. The Labute approximate surface area is 90.8 Å². The lowest BCUT2D eigenvalue weighted by Crippen LogP contribution is -2.09. The molecule has 1 amide bonds. The van der Waals surface area contributed by atoms with E-state index in [-0.39, 0.29) is 0 Å². The van der Waals surface area contributed by atoms with E-state index in [0.717, 1.165) is 10.6 Å². The van der Waals surface area contributed by atoms with E-state index in [9.17, 15) is 4.79 Å². The first-order chi connectivity index (χ1) is 7.18. The van der Waals surface area contributed by atoms with Gasteiger partial charge in [-0.05, 0) is 19.1 Å². The summed E-state index contributed by atoms with van der Waals surface area (Å²) in [7, 11) is 0. The van der Waals surface area contributed by atoms with Crippen molar-refractivity contribution < 1.29 is 4.79 Å². The molecule has 0 aliphatic carbocycles. The van der Waals surface area contributed by atoms with E-state index < -0.39 is 5.91 Å². The fourth-order valence-corrected chi connectivity index (χ4v) is 2.17. The van der Waals surface area contributed by atoms with Crippen LogP contribution in [-0.2, 0) is 0 Å². The number of nitrogens with zero attached hydrogens (tertiary/aromatic N) is 2. The van der Waals surface area contributed by atoms with Crippen LogP contribution in [0.4, 0.5) is 0 Å². The van der Waals surface area contributed by atoms with Crippen LogP contribution in [0.1, 0.15) is 15.4 Å². The number of aryl methyl sites for hydroxylation is 1. The monoisotopic (exact) mass is 219 g/mol. The topological polar surface area (TPSA) is 68.9 Å². The number of hydrogen-bond donors (Lipinski definition) is 1. The third-order valence-corrected chi connectivity index (χ3v) is 3.17. The van der Waals surface area contributed by atoms with Gasteiger partial charge in [0.1, 0.15) is 9.88 Å². The molecule has 0 spiro atoms. The highest BCUT2D eigenvalue weighted by Gasteiger charge is 2.12. The lowest BCUT2D eigenvalue weighted by atomic mass is 10.3. The maximum atomic E-state index is 11.0. The van der Waals surface area contributed by atoms with Gasteiger partial charge in [0.2, 0.25) is 0 Å². The second-order valence-corrected chi connectivity index (χ2v) is 4.03. The number of carbonyl (C=O) groups excluding carboxylic acids is 1. The molecule has 0 aliphatic rings. The number of thiazole rings is 1. The maximum absolute atomic E-state index is 11.0. The first kappa shape index (κ1) is 9.79. The molecule has 4 nitrogen and oxygen atoms in total. The van der Waals surface area contributed by atoms with Gasteiger partial charge >= 0.3 is 0 Å². The molecule has 0 atom stereocenters. The molecular weight excluding hydrogens is 210 g/mol. The Morgan fingerprint density at radius 3 is 2.60 bits per heavy atom. The van der Waals surface area contributed by atoms with Crippen molar-refractivity contribution in [3.63, 3.8) is 0 Å². The molecule has 76 valence electrons. The lowest BCUT2D eigenvalue weighted by Gasteiger charge is -1.92. The number of hydrogen-bond acceptors (Lipinski definition) is 4. The van der Waals surface area contributed by atoms with Crippen molar-refractivity contribution in [3.8, 4) is 10.6 Å². The third kappa shape index (κ3) is 1.87. The SMILES string of the molecule is Cc1nc(-c2ccncc2)sc1C(N)=O. The van der Waals surface area contributed by atoms with E-state index >= 15 is 0 Å². The van der Waals surface area contributed by atoms with E-state index in [1.54, 1.807) is 19.3 Å². The van der Waals surface area contributed by atoms with Gasteiger partial charge in [0, 0.05) is 18.0 Å². The molecule has 0 aliphatic heterocycles. The van der Waals surface area contributed by atoms with Crippen molar-refractivity contribution in [2.45, 2.75) is 6.92 Å². The lowest BCUT2D eigenvalue weighted by molar-refractivity contribution is 0.100. The number of primary amides is 1. The summed E-state index contributed by atoms with van der Waals surface area (Å²) in [6.45, 7) is 1.78. The quantitative estimate of drug-likeness (QED) is 0.834. The Morgan fingerprint density at radius 1 is 1.40 bits per heavy atom. The predicted octanol–water partition coefficient (Wildman–Crippen LogP) is 1.61. The van der Waals surface area contributed by atoms with Crippen LogP contribution in [0.2, 0.25) is 0 Å². The zero-order valence-corrected chi connectivity index (χ0v) is 8.91. The van der Waals surface area contributed by atoms with Gasteiger partial charge in [-0.2, -0.15) is 0 Å². The summed E-state index contributed by atoms with van der Waals surface area (Å²) in [5.74, 6) is -0.426. The average Bonchev–Trinajstić information content (AvgIpc) is 2.62. The molecule has 2 aromatic heterocycles. The van der Waals surface area contributed by atoms with E-state index in [1.165, 1.54) is 11.3 Å². The normalized spacial score (nSPS) is 10.2. The maximum Gasteiger partial charge on any atom is 0.260 e. The summed E-state index contributed by atoms with van der Waals surface area (Å²) < 4.78 is 0. The van der Waals surface area contributed by atoms with Crippen LogP contribution in [0, 0.1) is 6.92 Å². The van der Waals surface area contributed by atoms with Crippen molar-refractivity contribution in [2.75, 3.05) is 0 Å². The Morgan fingerprint density at radius 2 is 2.07 bits per heavy atom. The second-order valence-electron chi connectivity index (χ2n) is 3.03. The summed E-state index contributed by atoms with van der Waals surface area (Å²) in [4.78, 5) is 19.8. The Kier molecular flexibility index (Phi) is 2.47. The molecule has 2 aromatic rings. The van der Waals surface area contributed by atoms with E-state index in [1.807, 2.05) is 12.1 Å². The van der Waals surface area contributed by atoms with E-state index in [4.69, 9.17) is 5.73 Å². The van der Waals surface area contributed by atoms with Gasteiger partial charge in [-0.1, -0.05) is 0 Å². The van der Waals surface area contributed by atoms with Crippen LogP contribution >= 0.6 is 11.3 Å². The number of pyridine rings is 1. The fourth-order valence-electron chi connectivity index (χ4n) is 1.24. The zero-order valence-electron chi connectivity index (χ0n) is 8.10. The number of carbonyl (C=O) groups is 1. The minimum Gasteiger partial charge on any atom is -0.365 e. The third-order valence-electron chi connectivity index (χ3n) is 1.95.